The minimum Gasteiger partial charge on any atom is -0.481 e. The van der Waals surface area contributed by atoms with Crippen molar-refractivity contribution in [3.8, 4) is 0 Å². The van der Waals surface area contributed by atoms with Crippen LogP contribution in [0.4, 0.5) is 0 Å². The van der Waals surface area contributed by atoms with E-state index in [9.17, 15) is 9.59 Å². The third kappa shape index (κ3) is 6.50. The minimum atomic E-state index is -1.08. The van der Waals surface area contributed by atoms with Gasteiger partial charge in [0.1, 0.15) is 5.60 Å². The first-order chi connectivity index (χ1) is 7.28. The van der Waals surface area contributed by atoms with Crippen LogP contribution in [-0.4, -0.2) is 34.7 Å². The number of hydrogen-bond acceptors (Lipinski definition) is 4. The molecule has 0 atom stereocenters. The minimum absolute atomic E-state index is 0.0234. The van der Waals surface area contributed by atoms with Crippen LogP contribution < -0.4 is 0 Å². The van der Waals surface area contributed by atoms with E-state index < -0.39 is 17.5 Å². The first-order valence-corrected chi connectivity index (χ1v) is 6.30. The largest absolute Gasteiger partial charge is 0.481 e. The van der Waals surface area contributed by atoms with Crippen LogP contribution in [0.2, 0.25) is 0 Å². The Morgan fingerprint density at radius 1 is 1.44 bits per heavy atom. The van der Waals surface area contributed by atoms with Gasteiger partial charge < -0.3 is 9.84 Å². The van der Waals surface area contributed by atoms with Crippen molar-refractivity contribution < 1.29 is 19.4 Å². The van der Waals surface area contributed by atoms with Gasteiger partial charge in [-0.25, -0.2) is 4.79 Å². The summed E-state index contributed by atoms with van der Waals surface area (Å²) in [6.07, 6.45) is 2.32. The van der Waals surface area contributed by atoms with Gasteiger partial charge in [0.15, 0.2) is 0 Å². The molecule has 0 aliphatic heterocycles. The van der Waals surface area contributed by atoms with Crippen LogP contribution in [0.5, 0.6) is 0 Å². The van der Waals surface area contributed by atoms with Gasteiger partial charge in [-0.1, -0.05) is 6.58 Å². The lowest BCUT2D eigenvalue weighted by molar-refractivity contribution is -0.153. The molecule has 16 heavy (non-hydrogen) atoms. The summed E-state index contributed by atoms with van der Waals surface area (Å²) in [5, 5.41) is 8.50. The molecule has 0 aromatic rings. The number of esters is 1. The lowest BCUT2D eigenvalue weighted by Gasteiger charge is -2.25. The Balaban J connectivity index is 4.21. The van der Waals surface area contributed by atoms with Crippen molar-refractivity contribution >= 4 is 23.7 Å². The van der Waals surface area contributed by atoms with E-state index in [2.05, 4.69) is 6.58 Å². The van der Waals surface area contributed by atoms with E-state index in [-0.39, 0.29) is 12.0 Å². The predicted molar refractivity (Wildman–Crippen MR) is 64.6 cm³/mol. The van der Waals surface area contributed by atoms with E-state index >= 15 is 0 Å². The Bertz CT molecular complexity index is 284. The maximum Gasteiger partial charge on any atom is 0.334 e. The van der Waals surface area contributed by atoms with E-state index in [1.165, 1.54) is 0 Å². The summed E-state index contributed by atoms with van der Waals surface area (Å²) in [6, 6.07) is 0. The maximum absolute atomic E-state index is 11.5. The first kappa shape index (κ1) is 15.0. The number of carbonyl (C=O) groups excluding carboxylic acids is 1. The highest BCUT2D eigenvalue weighted by Crippen LogP contribution is 2.19. The van der Waals surface area contributed by atoms with Crippen LogP contribution >= 0.6 is 11.8 Å². The highest BCUT2D eigenvalue weighted by atomic mass is 32.2. The van der Waals surface area contributed by atoms with E-state index in [0.29, 0.717) is 0 Å². The van der Waals surface area contributed by atoms with E-state index in [4.69, 9.17) is 9.84 Å². The van der Waals surface area contributed by atoms with Crippen LogP contribution in [0.3, 0.4) is 0 Å². The summed E-state index contributed by atoms with van der Waals surface area (Å²) in [4.78, 5) is 21.8. The molecule has 0 rings (SSSR count). The average molecular weight is 246 g/mol. The quantitative estimate of drug-likeness (QED) is 0.550. The van der Waals surface area contributed by atoms with Crippen LogP contribution in [0, 0.1) is 0 Å². The van der Waals surface area contributed by atoms with Gasteiger partial charge in [-0.15, -0.1) is 0 Å². The van der Waals surface area contributed by atoms with Gasteiger partial charge in [0.2, 0.25) is 0 Å². The average Bonchev–Trinajstić information content (AvgIpc) is 2.13. The van der Waals surface area contributed by atoms with Crippen molar-refractivity contribution in [3.63, 3.8) is 0 Å². The molecule has 0 amide bonds. The fourth-order valence-corrected chi connectivity index (χ4v) is 1.67. The molecule has 0 aromatic heterocycles. The molecular formula is C11H18O4S. The second kappa shape index (κ2) is 6.58. The third-order valence-corrected chi connectivity index (χ3v) is 2.54. The Labute approximate surface area is 100 Å². The summed E-state index contributed by atoms with van der Waals surface area (Å²) < 4.78 is 5.19. The maximum atomic E-state index is 11.5. The Kier molecular flexibility index (Phi) is 6.18. The van der Waals surface area contributed by atoms with Gasteiger partial charge in [0.25, 0.3) is 0 Å². The third-order valence-electron chi connectivity index (χ3n) is 1.93. The smallest absolute Gasteiger partial charge is 0.334 e. The summed E-state index contributed by atoms with van der Waals surface area (Å²) in [5.41, 5.74) is -0.605. The lowest BCUT2D eigenvalue weighted by atomic mass is 10.1. The van der Waals surface area contributed by atoms with Crippen LogP contribution in [0.1, 0.15) is 26.7 Å². The summed E-state index contributed by atoms with van der Waals surface area (Å²) in [6.45, 7) is 7.00. The van der Waals surface area contributed by atoms with Gasteiger partial charge in [-0.3, -0.25) is 4.79 Å². The fourth-order valence-electron chi connectivity index (χ4n) is 0.977. The summed E-state index contributed by atoms with van der Waals surface area (Å²) in [5.74, 6) is -0.830. The molecule has 1 N–H and O–H groups in total. The molecule has 0 saturated carbocycles. The number of carboxylic acids is 1. The summed E-state index contributed by atoms with van der Waals surface area (Å²) >= 11 is 1.67. The van der Waals surface area contributed by atoms with Crippen molar-refractivity contribution in [2.24, 2.45) is 0 Å². The molecular weight excluding hydrogens is 228 g/mol. The first-order valence-electron chi connectivity index (χ1n) is 4.90. The van der Waals surface area contributed by atoms with Crippen molar-refractivity contribution in [2.75, 3.05) is 12.0 Å². The SMILES string of the molecule is C=C(CC(=O)O)C(=O)OC(C)(C)CCSC. The molecule has 0 spiro atoms. The monoisotopic (exact) mass is 246 g/mol. The number of aliphatic carboxylic acids is 1. The van der Waals surface area contributed by atoms with E-state index in [0.717, 1.165) is 12.2 Å². The molecule has 4 nitrogen and oxygen atoms in total. The predicted octanol–water partition coefficient (Wildman–Crippen LogP) is 2.09. The fraction of sp³-hybridized carbons (Fsp3) is 0.636. The molecule has 0 saturated heterocycles. The van der Waals surface area contributed by atoms with Crippen LogP contribution in [-0.2, 0) is 14.3 Å². The molecule has 0 aliphatic carbocycles. The molecule has 0 heterocycles. The highest BCUT2D eigenvalue weighted by Gasteiger charge is 2.24. The van der Waals surface area contributed by atoms with Gasteiger partial charge in [-0.05, 0) is 32.3 Å². The number of thioether (sulfide) groups is 1. The Hall–Kier alpha value is -0.970. The molecule has 0 fully saturated rings. The van der Waals surface area contributed by atoms with E-state index in [1.54, 1.807) is 25.6 Å². The zero-order chi connectivity index (χ0) is 12.8. The molecule has 0 radical (unpaired) electrons. The van der Waals surface area contributed by atoms with Gasteiger partial charge in [0, 0.05) is 5.57 Å². The number of hydrogen-bond donors (Lipinski definition) is 1. The van der Waals surface area contributed by atoms with E-state index in [1.807, 2.05) is 6.26 Å². The molecule has 0 aliphatic rings. The van der Waals surface area contributed by atoms with Crippen molar-refractivity contribution in [1.29, 1.82) is 0 Å². The van der Waals surface area contributed by atoms with Crippen LogP contribution in [0.25, 0.3) is 0 Å². The van der Waals surface area contributed by atoms with Gasteiger partial charge in [-0.2, -0.15) is 11.8 Å². The Morgan fingerprint density at radius 2 is 2.00 bits per heavy atom. The molecule has 5 heteroatoms. The zero-order valence-corrected chi connectivity index (χ0v) is 10.7. The number of ether oxygens (including phenoxy) is 1. The topological polar surface area (TPSA) is 63.6 Å². The van der Waals surface area contributed by atoms with Crippen LogP contribution in [0.15, 0.2) is 12.2 Å². The van der Waals surface area contributed by atoms with Gasteiger partial charge >= 0.3 is 11.9 Å². The van der Waals surface area contributed by atoms with Gasteiger partial charge in [0.05, 0.1) is 6.42 Å². The molecule has 0 unspecified atom stereocenters. The zero-order valence-electron chi connectivity index (χ0n) is 9.91. The number of carbonyl (C=O) groups is 2. The number of rotatable bonds is 7. The normalized spacial score (nSPS) is 10.9. The second-order valence-electron chi connectivity index (χ2n) is 4.07. The molecule has 0 bridgehead atoms. The molecule has 0 aromatic carbocycles. The van der Waals surface area contributed by atoms with Crippen molar-refractivity contribution in [2.45, 2.75) is 32.3 Å². The highest BCUT2D eigenvalue weighted by molar-refractivity contribution is 7.98. The van der Waals surface area contributed by atoms with Crippen molar-refractivity contribution in [3.05, 3.63) is 12.2 Å². The number of carboxylic acid groups (broad SMARTS) is 1. The van der Waals surface area contributed by atoms with Crippen molar-refractivity contribution in [1.82, 2.24) is 0 Å². The molecule has 92 valence electrons. The lowest BCUT2D eigenvalue weighted by Crippen LogP contribution is -2.29. The Morgan fingerprint density at radius 3 is 2.44 bits per heavy atom. The standard InChI is InChI=1S/C11H18O4S/c1-8(7-9(12)13)10(14)15-11(2,3)5-6-16-4/h1,5-7H2,2-4H3,(H,12,13). The summed E-state index contributed by atoms with van der Waals surface area (Å²) in [7, 11) is 0. The second-order valence-corrected chi connectivity index (χ2v) is 5.05.